The zero-order chi connectivity index (χ0) is 12.1. The summed E-state index contributed by atoms with van der Waals surface area (Å²) in [6, 6.07) is 5.45. The van der Waals surface area contributed by atoms with Crippen molar-refractivity contribution >= 4 is 37.8 Å². The van der Waals surface area contributed by atoms with Crippen LogP contribution in [0.4, 0.5) is 0 Å². The lowest BCUT2D eigenvalue weighted by Gasteiger charge is -2.14. The highest BCUT2D eigenvalue weighted by molar-refractivity contribution is 9.11. The summed E-state index contributed by atoms with van der Waals surface area (Å²) in [6.07, 6.45) is -0.627. The summed E-state index contributed by atoms with van der Waals surface area (Å²) in [4.78, 5) is 15.9. The molecular weight excluding hydrogens is 342 g/mol. The molecule has 0 fully saturated rings. The SMILES string of the molecule is CONC(=O)C(C)Oc1ccc(Br)cc1Br. The summed E-state index contributed by atoms with van der Waals surface area (Å²) in [5.41, 5.74) is 2.21. The van der Waals surface area contributed by atoms with E-state index in [0.717, 1.165) is 8.95 Å². The van der Waals surface area contributed by atoms with E-state index in [2.05, 4.69) is 42.2 Å². The first-order valence-corrected chi connectivity index (χ1v) is 6.07. The average molecular weight is 353 g/mol. The van der Waals surface area contributed by atoms with Crippen LogP contribution in [0.3, 0.4) is 0 Å². The van der Waals surface area contributed by atoms with Crippen LogP contribution in [0.2, 0.25) is 0 Å². The largest absolute Gasteiger partial charge is 0.480 e. The molecule has 16 heavy (non-hydrogen) atoms. The Hall–Kier alpha value is -0.590. The fourth-order valence-electron chi connectivity index (χ4n) is 0.998. The summed E-state index contributed by atoms with van der Waals surface area (Å²) in [7, 11) is 1.38. The van der Waals surface area contributed by atoms with Crippen LogP contribution in [0.25, 0.3) is 0 Å². The van der Waals surface area contributed by atoms with Crippen LogP contribution in [0, 0.1) is 0 Å². The van der Waals surface area contributed by atoms with Crippen LogP contribution in [0.15, 0.2) is 27.1 Å². The smallest absolute Gasteiger partial charge is 0.284 e. The molecule has 6 heteroatoms. The fourth-order valence-corrected chi connectivity index (χ4v) is 2.14. The Morgan fingerprint density at radius 3 is 2.69 bits per heavy atom. The van der Waals surface area contributed by atoms with E-state index in [1.807, 2.05) is 12.1 Å². The molecule has 0 radical (unpaired) electrons. The van der Waals surface area contributed by atoms with Crippen molar-refractivity contribution in [3.8, 4) is 5.75 Å². The molecule has 0 aliphatic rings. The molecule has 88 valence electrons. The lowest BCUT2D eigenvalue weighted by Crippen LogP contribution is -2.35. The molecule has 0 aliphatic carbocycles. The minimum absolute atomic E-state index is 0.336. The van der Waals surface area contributed by atoms with Gasteiger partial charge in [-0.05, 0) is 41.1 Å². The minimum atomic E-state index is -0.627. The van der Waals surface area contributed by atoms with E-state index in [1.165, 1.54) is 7.11 Å². The highest BCUT2D eigenvalue weighted by atomic mass is 79.9. The molecule has 1 aromatic carbocycles. The van der Waals surface area contributed by atoms with Crippen LogP contribution in [0.5, 0.6) is 5.75 Å². The summed E-state index contributed by atoms with van der Waals surface area (Å²) < 4.78 is 7.16. The molecule has 1 amide bonds. The lowest BCUT2D eigenvalue weighted by atomic mass is 10.3. The minimum Gasteiger partial charge on any atom is -0.480 e. The molecule has 0 saturated heterocycles. The third kappa shape index (κ3) is 3.77. The number of halogens is 2. The molecule has 1 atom stereocenters. The van der Waals surface area contributed by atoms with Crippen molar-refractivity contribution in [1.29, 1.82) is 0 Å². The van der Waals surface area contributed by atoms with Gasteiger partial charge in [-0.15, -0.1) is 0 Å². The maximum absolute atomic E-state index is 11.3. The molecular formula is C10H11Br2NO3. The van der Waals surface area contributed by atoms with E-state index in [1.54, 1.807) is 13.0 Å². The first-order chi connectivity index (χ1) is 7.54. The van der Waals surface area contributed by atoms with Gasteiger partial charge in [-0.2, -0.15) is 0 Å². The van der Waals surface area contributed by atoms with Crippen molar-refractivity contribution < 1.29 is 14.4 Å². The van der Waals surface area contributed by atoms with Gasteiger partial charge in [-0.3, -0.25) is 9.63 Å². The van der Waals surface area contributed by atoms with Crippen molar-refractivity contribution in [3.05, 3.63) is 27.1 Å². The van der Waals surface area contributed by atoms with Crippen molar-refractivity contribution in [1.82, 2.24) is 5.48 Å². The van der Waals surface area contributed by atoms with Gasteiger partial charge in [-0.1, -0.05) is 15.9 Å². The summed E-state index contributed by atoms with van der Waals surface area (Å²) >= 11 is 6.68. The third-order valence-corrected chi connectivity index (χ3v) is 2.88. The maximum Gasteiger partial charge on any atom is 0.284 e. The Morgan fingerprint density at radius 1 is 1.44 bits per heavy atom. The van der Waals surface area contributed by atoms with Crippen LogP contribution >= 0.6 is 31.9 Å². The number of hydrogen-bond acceptors (Lipinski definition) is 3. The van der Waals surface area contributed by atoms with Crippen LogP contribution in [0.1, 0.15) is 6.92 Å². The molecule has 0 saturated carbocycles. The first kappa shape index (κ1) is 13.5. The third-order valence-electron chi connectivity index (χ3n) is 1.77. The Labute approximate surface area is 111 Å². The second-order valence-electron chi connectivity index (χ2n) is 3.01. The van der Waals surface area contributed by atoms with E-state index in [4.69, 9.17) is 4.74 Å². The Kier molecular flexibility index (Phi) is 5.24. The van der Waals surface area contributed by atoms with Gasteiger partial charge >= 0.3 is 0 Å². The van der Waals surface area contributed by atoms with E-state index >= 15 is 0 Å². The van der Waals surface area contributed by atoms with Gasteiger partial charge in [-0.25, -0.2) is 5.48 Å². The summed E-state index contributed by atoms with van der Waals surface area (Å²) in [6.45, 7) is 1.64. The summed E-state index contributed by atoms with van der Waals surface area (Å²) in [5.74, 6) is 0.263. The van der Waals surface area contributed by atoms with Gasteiger partial charge in [0.25, 0.3) is 5.91 Å². The number of ether oxygens (including phenoxy) is 1. The zero-order valence-corrected chi connectivity index (χ0v) is 12.0. The normalized spacial score (nSPS) is 12.0. The second kappa shape index (κ2) is 6.22. The standard InChI is InChI=1S/C10H11Br2NO3/c1-6(10(14)13-15-2)16-9-4-3-7(11)5-8(9)12/h3-6H,1-2H3,(H,13,14). The van der Waals surface area contributed by atoms with E-state index < -0.39 is 6.10 Å². The van der Waals surface area contributed by atoms with Crippen LogP contribution < -0.4 is 10.2 Å². The van der Waals surface area contributed by atoms with Crippen molar-refractivity contribution in [2.24, 2.45) is 0 Å². The van der Waals surface area contributed by atoms with E-state index in [9.17, 15) is 4.79 Å². The molecule has 1 unspecified atom stereocenters. The molecule has 4 nitrogen and oxygen atoms in total. The van der Waals surface area contributed by atoms with Crippen molar-refractivity contribution in [3.63, 3.8) is 0 Å². The van der Waals surface area contributed by atoms with Gasteiger partial charge in [0.1, 0.15) is 5.75 Å². The predicted octanol–water partition coefficient (Wildman–Crippen LogP) is 2.66. The number of carbonyl (C=O) groups is 1. The fraction of sp³-hybridized carbons (Fsp3) is 0.300. The number of hydroxylamine groups is 1. The molecule has 0 heterocycles. The highest BCUT2D eigenvalue weighted by Gasteiger charge is 2.15. The van der Waals surface area contributed by atoms with Gasteiger partial charge in [0, 0.05) is 4.47 Å². The Balaban J connectivity index is 2.69. The predicted molar refractivity (Wildman–Crippen MR) is 67.1 cm³/mol. The van der Waals surface area contributed by atoms with Crippen molar-refractivity contribution in [2.45, 2.75) is 13.0 Å². The second-order valence-corrected chi connectivity index (χ2v) is 4.78. The van der Waals surface area contributed by atoms with Crippen molar-refractivity contribution in [2.75, 3.05) is 7.11 Å². The monoisotopic (exact) mass is 351 g/mol. The number of nitrogens with one attached hydrogen (secondary N) is 1. The van der Waals surface area contributed by atoms with E-state index in [0.29, 0.717) is 5.75 Å². The number of rotatable bonds is 4. The van der Waals surface area contributed by atoms with Crippen LogP contribution in [-0.4, -0.2) is 19.1 Å². The summed E-state index contributed by atoms with van der Waals surface area (Å²) in [5, 5.41) is 0. The number of carbonyl (C=O) groups excluding carboxylic acids is 1. The first-order valence-electron chi connectivity index (χ1n) is 4.49. The number of hydrogen-bond donors (Lipinski definition) is 1. The average Bonchev–Trinajstić information content (AvgIpc) is 2.22. The lowest BCUT2D eigenvalue weighted by molar-refractivity contribution is -0.137. The molecule has 1 N–H and O–H groups in total. The number of benzene rings is 1. The molecule has 1 rings (SSSR count). The quantitative estimate of drug-likeness (QED) is 0.847. The van der Waals surface area contributed by atoms with E-state index in [-0.39, 0.29) is 5.91 Å². The topological polar surface area (TPSA) is 47.6 Å². The van der Waals surface area contributed by atoms with Gasteiger partial charge in [0.15, 0.2) is 6.10 Å². The molecule has 0 aromatic heterocycles. The molecule has 0 spiro atoms. The van der Waals surface area contributed by atoms with Gasteiger partial charge < -0.3 is 4.74 Å². The maximum atomic E-state index is 11.3. The van der Waals surface area contributed by atoms with Gasteiger partial charge in [0.2, 0.25) is 0 Å². The Morgan fingerprint density at radius 2 is 2.12 bits per heavy atom. The highest BCUT2D eigenvalue weighted by Crippen LogP contribution is 2.28. The zero-order valence-electron chi connectivity index (χ0n) is 8.79. The van der Waals surface area contributed by atoms with Crippen LogP contribution in [-0.2, 0) is 9.63 Å². The molecule has 0 bridgehead atoms. The van der Waals surface area contributed by atoms with Gasteiger partial charge in [0.05, 0.1) is 11.6 Å². The molecule has 0 aliphatic heterocycles. The Bertz CT molecular complexity index is 384. The molecule has 1 aromatic rings. The number of amides is 1.